The van der Waals surface area contributed by atoms with E-state index >= 15 is 0 Å². The zero-order valence-electron chi connectivity index (χ0n) is 22.4. The summed E-state index contributed by atoms with van der Waals surface area (Å²) in [4.78, 5) is 0. The Balaban J connectivity index is 1.49. The fourth-order valence-electron chi connectivity index (χ4n) is 4.29. The van der Waals surface area contributed by atoms with Gasteiger partial charge in [-0.1, -0.05) is 102 Å². The first-order chi connectivity index (χ1) is 17.6. The molecule has 0 N–H and O–H groups in total. The van der Waals surface area contributed by atoms with Crippen LogP contribution in [-0.2, 0) is 0 Å². The van der Waals surface area contributed by atoms with Crippen molar-refractivity contribution in [2.75, 3.05) is 13.2 Å². The van der Waals surface area contributed by atoms with E-state index in [2.05, 4.69) is 45.0 Å². The van der Waals surface area contributed by atoms with E-state index in [0.29, 0.717) is 18.3 Å². The van der Waals surface area contributed by atoms with Crippen molar-refractivity contribution in [3.05, 3.63) is 72.5 Å². The van der Waals surface area contributed by atoms with Gasteiger partial charge in [-0.3, -0.25) is 0 Å². The number of hydrogen-bond acceptors (Lipinski definition) is 2. The van der Waals surface area contributed by atoms with Crippen LogP contribution in [0.2, 0.25) is 0 Å². The molecule has 0 radical (unpaired) electrons. The lowest BCUT2D eigenvalue weighted by atomic mass is 10.00. The van der Waals surface area contributed by atoms with Gasteiger partial charge in [0.25, 0.3) is 0 Å². The molecule has 0 saturated carbocycles. The van der Waals surface area contributed by atoms with Crippen molar-refractivity contribution in [2.24, 2.45) is 5.92 Å². The minimum absolute atomic E-state index is 0.309. The SMILES string of the molecule is CCCCCCCCOc1ccc(-c2ccc(-c3ccc(OCCCC(C)CC)c(F)c3)cc2)cc1. The lowest BCUT2D eigenvalue weighted by Crippen LogP contribution is -2.02. The molecule has 194 valence electrons. The lowest BCUT2D eigenvalue weighted by molar-refractivity contribution is 0.281. The summed E-state index contributed by atoms with van der Waals surface area (Å²) in [5, 5.41) is 0. The van der Waals surface area contributed by atoms with Crippen LogP contribution in [0.1, 0.15) is 78.6 Å². The summed E-state index contributed by atoms with van der Waals surface area (Å²) in [5.74, 6) is 1.63. The Labute approximate surface area is 217 Å². The normalized spacial score (nSPS) is 11.9. The second-order valence-corrected chi connectivity index (χ2v) is 9.87. The Bertz CT molecular complexity index is 1010. The zero-order chi connectivity index (χ0) is 25.6. The van der Waals surface area contributed by atoms with Gasteiger partial charge in [-0.2, -0.15) is 0 Å². The number of rotatable bonds is 16. The number of ether oxygens (including phenoxy) is 2. The summed E-state index contributed by atoms with van der Waals surface area (Å²) < 4.78 is 26.2. The molecule has 0 heterocycles. The number of halogens is 1. The lowest BCUT2D eigenvalue weighted by Gasteiger charge is -2.11. The van der Waals surface area contributed by atoms with Crippen molar-refractivity contribution >= 4 is 0 Å². The maximum atomic E-state index is 14.6. The molecular formula is C33H43FO2. The van der Waals surface area contributed by atoms with Crippen LogP contribution in [0.4, 0.5) is 4.39 Å². The summed E-state index contributed by atoms with van der Waals surface area (Å²) in [5.41, 5.74) is 4.10. The van der Waals surface area contributed by atoms with Crippen molar-refractivity contribution in [2.45, 2.75) is 78.6 Å². The summed E-state index contributed by atoms with van der Waals surface area (Å²) in [6.07, 6.45) is 10.8. The molecule has 2 nitrogen and oxygen atoms in total. The van der Waals surface area contributed by atoms with Crippen LogP contribution in [0.3, 0.4) is 0 Å². The Kier molecular flexibility index (Phi) is 11.8. The van der Waals surface area contributed by atoms with Gasteiger partial charge >= 0.3 is 0 Å². The van der Waals surface area contributed by atoms with Crippen LogP contribution in [-0.4, -0.2) is 13.2 Å². The van der Waals surface area contributed by atoms with E-state index < -0.39 is 0 Å². The van der Waals surface area contributed by atoms with Gasteiger partial charge in [0.1, 0.15) is 5.75 Å². The van der Waals surface area contributed by atoms with Gasteiger partial charge < -0.3 is 9.47 Å². The predicted octanol–water partition coefficient (Wildman–Crippen LogP) is 10.1. The van der Waals surface area contributed by atoms with E-state index in [1.165, 1.54) is 38.5 Å². The highest BCUT2D eigenvalue weighted by Crippen LogP contribution is 2.29. The molecule has 0 spiro atoms. The van der Waals surface area contributed by atoms with Gasteiger partial charge in [0.15, 0.2) is 11.6 Å². The molecule has 0 aliphatic rings. The fraction of sp³-hybridized carbons (Fsp3) is 0.455. The van der Waals surface area contributed by atoms with E-state index in [0.717, 1.165) is 53.9 Å². The van der Waals surface area contributed by atoms with Crippen LogP contribution in [0.5, 0.6) is 11.5 Å². The molecule has 3 aromatic rings. The van der Waals surface area contributed by atoms with Gasteiger partial charge in [0.2, 0.25) is 0 Å². The average Bonchev–Trinajstić information content (AvgIpc) is 2.91. The standard InChI is InChI=1S/C33H43FO2/c1-4-6-7-8-9-10-23-35-31-20-17-28(18-21-31)27-13-15-29(16-14-27)30-19-22-33(32(34)25-30)36-24-11-12-26(3)5-2/h13-22,25-26H,4-12,23-24H2,1-3H3. The molecule has 0 aromatic heterocycles. The molecule has 3 aromatic carbocycles. The minimum atomic E-state index is -0.309. The molecule has 36 heavy (non-hydrogen) atoms. The van der Waals surface area contributed by atoms with Crippen molar-refractivity contribution in [1.29, 1.82) is 0 Å². The molecule has 0 aliphatic carbocycles. The highest BCUT2D eigenvalue weighted by atomic mass is 19.1. The van der Waals surface area contributed by atoms with Crippen LogP contribution >= 0.6 is 0 Å². The summed E-state index contributed by atoms with van der Waals surface area (Å²) in [6.45, 7) is 8.01. The van der Waals surface area contributed by atoms with E-state index in [4.69, 9.17) is 9.47 Å². The molecule has 1 unspecified atom stereocenters. The van der Waals surface area contributed by atoms with Crippen molar-refractivity contribution < 1.29 is 13.9 Å². The maximum absolute atomic E-state index is 14.6. The Morgan fingerprint density at radius 1 is 0.639 bits per heavy atom. The number of hydrogen-bond donors (Lipinski definition) is 0. The highest BCUT2D eigenvalue weighted by molar-refractivity contribution is 5.71. The Morgan fingerprint density at radius 2 is 1.19 bits per heavy atom. The van der Waals surface area contributed by atoms with Gasteiger partial charge in [0, 0.05) is 0 Å². The molecule has 3 rings (SSSR count). The molecule has 1 atom stereocenters. The monoisotopic (exact) mass is 490 g/mol. The van der Waals surface area contributed by atoms with Crippen molar-refractivity contribution in [1.82, 2.24) is 0 Å². The third-order valence-corrected chi connectivity index (χ3v) is 6.90. The fourth-order valence-corrected chi connectivity index (χ4v) is 4.29. The number of unbranched alkanes of at least 4 members (excludes halogenated alkanes) is 5. The number of benzene rings is 3. The largest absolute Gasteiger partial charge is 0.494 e. The van der Waals surface area contributed by atoms with Gasteiger partial charge in [-0.25, -0.2) is 4.39 Å². The Morgan fingerprint density at radius 3 is 1.83 bits per heavy atom. The van der Waals surface area contributed by atoms with Gasteiger partial charge in [0.05, 0.1) is 13.2 Å². The zero-order valence-corrected chi connectivity index (χ0v) is 22.4. The topological polar surface area (TPSA) is 18.5 Å². The molecule has 0 aliphatic heterocycles. The van der Waals surface area contributed by atoms with E-state index in [1.54, 1.807) is 12.1 Å². The van der Waals surface area contributed by atoms with E-state index in [9.17, 15) is 4.39 Å². The van der Waals surface area contributed by atoms with Gasteiger partial charge in [-0.05, 0) is 71.7 Å². The second kappa shape index (κ2) is 15.3. The highest BCUT2D eigenvalue weighted by Gasteiger charge is 2.08. The first kappa shape index (κ1) is 27.8. The minimum Gasteiger partial charge on any atom is -0.494 e. The molecule has 0 bridgehead atoms. The third-order valence-electron chi connectivity index (χ3n) is 6.90. The predicted molar refractivity (Wildman–Crippen MR) is 150 cm³/mol. The first-order valence-corrected chi connectivity index (χ1v) is 13.9. The smallest absolute Gasteiger partial charge is 0.165 e. The second-order valence-electron chi connectivity index (χ2n) is 9.87. The Hall–Kier alpha value is -2.81. The third kappa shape index (κ3) is 9.00. The molecule has 3 heteroatoms. The molecule has 0 fully saturated rings. The summed E-state index contributed by atoms with van der Waals surface area (Å²) in [7, 11) is 0. The molecule has 0 amide bonds. The molecule has 0 saturated heterocycles. The molecular weight excluding hydrogens is 447 g/mol. The quantitative estimate of drug-likeness (QED) is 0.186. The van der Waals surface area contributed by atoms with E-state index in [1.807, 2.05) is 30.3 Å². The van der Waals surface area contributed by atoms with Crippen LogP contribution in [0.15, 0.2) is 66.7 Å². The average molecular weight is 491 g/mol. The maximum Gasteiger partial charge on any atom is 0.165 e. The summed E-state index contributed by atoms with van der Waals surface area (Å²) in [6, 6.07) is 21.8. The first-order valence-electron chi connectivity index (χ1n) is 13.9. The van der Waals surface area contributed by atoms with Crippen molar-refractivity contribution in [3.63, 3.8) is 0 Å². The van der Waals surface area contributed by atoms with Gasteiger partial charge in [-0.15, -0.1) is 0 Å². The van der Waals surface area contributed by atoms with Crippen molar-refractivity contribution in [3.8, 4) is 33.8 Å². The van der Waals surface area contributed by atoms with Crippen LogP contribution < -0.4 is 9.47 Å². The van der Waals surface area contributed by atoms with E-state index in [-0.39, 0.29) is 5.82 Å². The van der Waals surface area contributed by atoms with Crippen LogP contribution in [0.25, 0.3) is 22.3 Å². The summed E-state index contributed by atoms with van der Waals surface area (Å²) >= 11 is 0. The van der Waals surface area contributed by atoms with Crippen LogP contribution in [0, 0.1) is 11.7 Å².